The maximum absolute atomic E-state index is 15.1. The van der Waals surface area contributed by atoms with Crippen LogP contribution in [0.15, 0.2) is 47.4 Å². The summed E-state index contributed by atoms with van der Waals surface area (Å²) in [7, 11) is 3.41. The van der Waals surface area contributed by atoms with Crippen molar-refractivity contribution in [3.63, 3.8) is 0 Å². The minimum atomic E-state index is -3.14. The fraction of sp³-hybridized carbons (Fsp3) is 0.421. The second kappa shape index (κ2) is 13.4. The number of fused-ring (bicyclic) bond motifs is 4. The summed E-state index contributed by atoms with van der Waals surface area (Å²) in [6.45, 7) is 0.396. The van der Waals surface area contributed by atoms with Gasteiger partial charge in [0.2, 0.25) is 23.5 Å². The number of pyridine rings is 1. The summed E-state index contributed by atoms with van der Waals surface area (Å²) in [6, 6.07) is 9.90. The van der Waals surface area contributed by atoms with Crippen LogP contribution in [-0.2, 0) is 23.7 Å². The van der Waals surface area contributed by atoms with Crippen LogP contribution in [0.3, 0.4) is 0 Å². The molecule has 2 atom stereocenters. The van der Waals surface area contributed by atoms with Crippen molar-refractivity contribution >= 4 is 68.4 Å². The van der Waals surface area contributed by atoms with E-state index in [1.807, 2.05) is 25.2 Å². The smallest absolute Gasteiger partial charge is 0.301 e. The van der Waals surface area contributed by atoms with Crippen molar-refractivity contribution in [1.82, 2.24) is 29.6 Å². The summed E-state index contributed by atoms with van der Waals surface area (Å²) in [5.74, 6) is -2.96. The minimum absolute atomic E-state index is 0.0535. The van der Waals surface area contributed by atoms with Gasteiger partial charge in [-0.3, -0.25) is 24.4 Å². The Morgan fingerprint density at radius 1 is 1.00 bits per heavy atom. The molecule has 3 aromatic heterocycles. The van der Waals surface area contributed by atoms with E-state index in [4.69, 9.17) is 26.1 Å². The third-order valence-electron chi connectivity index (χ3n) is 11.1. The van der Waals surface area contributed by atoms with E-state index in [1.54, 1.807) is 29.9 Å². The molecule has 286 valence electrons. The lowest BCUT2D eigenvalue weighted by Gasteiger charge is -2.32. The highest BCUT2D eigenvalue weighted by Crippen LogP contribution is 2.46. The first-order valence-electron chi connectivity index (χ1n) is 18.4. The van der Waals surface area contributed by atoms with E-state index >= 15 is 8.78 Å². The Labute approximate surface area is 318 Å². The van der Waals surface area contributed by atoms with Crippen molar-refractivity contribution < 1.29 is 27.8 Å². The van der Waals surface area contributed by atoms with Crippen LogP contribution in [0, 0.1) is 5.92 Å². The number of nitrogens with zero attached hydrogens (tertiary/aromatic N) is 6. The number of alkyl halides is 2. The molecule has 4 aliphatic rings. The van der Waals surface area contributed by atoms with Crippen molar-refractivity contribution in [2.24, 2.45) is 20.0 Å². The lowest BCUT2D eigenvalue weighted by atomic mass is 9.93. The van der Waals surface area contributed by atoms with Crippen molar-refractivity contribution in [3.05, 3.63) is 63.7 Å². The number of ether oxygens (including phenoxy) is 2. The van der Waals surface area contributed by atoms with E-state index < -0.39 is 30.0 Å². The molecule has 3 N–H and O–H groups in total. The zero-order valence-corrected chi connectivity index (χ0v) is 30.8. The molecule has 3 aliphatic heterocycles. The minimum Gasteiger partial charge on any atom is -0.490 e. The zero-order valence-electron chi connectivity index (χ0n) is 30.1. The summed E-state index contributed by atoms with van der Waals surface area (Å²) < 4.78 is 45.2. The predicted octanol–water partition coefficient (Wildman–Crippen LogP) is 5.40. The summed E-state index contributed by atoms with van der Waals surface area (Å²) >= 11 is 6.58. The molecule has 2 amide bonds. The normalized spacial score (nSPS) is 21.4. The first-order valence-corrected chi connectivity index (χ1v) is 18.8. The Bertz CT molecular complexity index is 2440. The number of imide groups is 1. The van der Waals surface area contributed by atoms with Crippen molar-refractivity contribution in [3.8, 4) is 11.5 Å². The van der Waals surface area contributed by atoms with Crippen LogP contribution in [0.4, 0.5) is 31.9 Å². The summed E-state index contributed by atoms with van der Waals surface area (Å²) in [5, 5.41) is 15.0. The molecule has 1 saturated carbocycles. The number of anilines is 4. The van der Waals surface area contributed by atoms with Gasteiger partial charge in [-0.2, -0.15) is 10.1 Å². The number of aryl methyl sites for hydroxylation is 2. The number of rotatable bonds is 7. The number of hydrogen-bond donors (Lipinski definition) is 3. The number of piperidine rings is 2. The SMILES string of the molecule is Cn1nc(C2CCC(=O)NC2=O)c2ccc(OC3CCN(c4ncc(Cl)c(Nc5ccc6c(c5)c5c(c(=O)n6C)OCC(F)(F)C(C6CC6)N5)n4)CC3)cc21. The number of halogens is 3. The van der Waals surface area contributed by atoms with Gasteiger partial charge in [-0.25, -0.2) is 13.8 Å². The molecule has 2 aromatic carbocycles. The Morgan fingerprint density at radius 3 is 2.56 bits per heavy atom. The standard InChI is InChI=1S/C38H38ClF2N9O5/c1-48-27-9-5-20(15-25(27)31-32(36(48)53)54-18-38(40,41)33(45-31)19-3-4-19)43-34-26(39)17-42-37(46-34)50-13-11-21(12-14-50)55-22-6-7-23-28(16-22)49(2)47-30(23)24-8-10-29(51)44-35(24)52/h5-7,9,15-17,19,21,24,33,45H,3-4,8,10-14,18H2,1-2H3,(H,42,43,46)(H,44,51,52). The van der Waals surface area contributed by atoms with Crippen molar-refractivity contribution in [2.75, 3.05) is 35.2 Å². The van der Waals surface area contributed by atoms with E-state index in [-0.39, 0.29) is 41.7 Å². The van der Waals surface area contributed by atoms with E-state index in [0.29, 0.717) is 90.0 Å². The molecular weight excluding hydrogens is 736 g/mol. The van der Waals surface area contributed by atoms with Crippen LogP contribution in [0.2, 0.25) is 5.02 Å². The van der Waals surface area contributed by atoms with Gasteiger partial charge in [0.25, 0.3) is 5.56 Å². The summed E-state index contributed by atoms with van der Waals surface area (Å²) in [6.07, 6.45) is 5.00. The summed E-state index contributed by atoms with van der Waals surface area (Å²) in [4.78, 5) is 48.7. The lowest BCUT2D eigenvalue weighted by molar-refractivity contribution is -0.134. The zero-order chi connectivity index (χ0) is 38.2. The van der Waals surface area contributed by atoms with Gasteiger partial charge in [-0.1, -0.05) is 11.6 Å². The van der Waals surface area contributed by atoms with Gasteiger partial charge >= 0.3 is 5.92 Å². The van der Waals surface area contributed by atoms with E-state index in [2.05, 4.69) is 30.9 Å². The molecule has 0 bridgehead atoms. The molecule has 3 fully saturated rings. The van der Waals surface area contributed by atoms with E-state index in [9.17, 15) is 14.4 Å². The van der Waals surface area contributed by atoms with Crippen molar-refractivity contribution in [1.29, 1.82) is 0 Å². The van der Waals surface area contributed by atoms with Crippen LogP contribution in [0.5, 0.6) is 11.5 Å². The first-order chi connectivity index (χ1) is 26.4. The second-order valence-electron chi connectivity index (χ2n) is 14.8. The number of nitrogens with one attached hydrogen (secondary N) is 3. The summed E-state index contributed by atoms with van der Waals surface area (Å²) in [5.41, 5.74) is 2.40. The molecule has 5 aromatic rings. The predicted molar refractivity (Wildman–Crippen MR) is 202 cm³/mol. The third-order valence-corrected chi connectivity index (χ3v) is 11.3. The molecular formula is C38H38ClF2N9O5. The molecule has 1 aliphatic carbocycles. The van der Waals surface area contributed by atoms with Crippen LogP contribution in [0.25, 0.3) is 21.8 Å². The van der Waals surface area contributed by atoms with Crippen LogP contribution < -0.4 is 35.9 Å². The van der Waals surface area contributed by atoms with E-state index in [1.165, 1.54) is 10.8 Å². The Balaban J connectivity index is 0.897. The monoisotopic (exact) mass is 773 g/mol. The second-order valence-corrected chi connectivity index (χ2v) is 15.2. The average molecular weight is 774 g/mol. The maximum atomic E-state index is 15.1. The number of carbonyl (C=O) groups is 2. The molecule has 17 heteroatoms. The third kappa shape index (κ3) is 6.45. The van der Waals surface area contributed by atoms with Gasteiger partial charge in [0.05, 0.1) is 40.6 Å². The maximum Gasteiger partial charge on any atom is 0.301 e. The number of amides is 2. The van der Waals surface area contributed by atoms with Crippen LogP contribution in [-0.4, -0.2) is 73.9 Å². The topological polar surface area (TPSA) is 158 Å². The Morgan fingerprint density at radius 2 is 1.80 bits per heavy atom. The fourth-order valence-electron chi connectivity index (χ4n) is 7.94. The largest absolute Gasteiger partial charge is 0.490 e. The van der Waals surface area contributed by atoms with E-state index in [0.717, 1.165) is 10.9 Å². The molecule has 2 unspecified atom stereocenters. The van der Waals surface area contributed by atoms with Gasteiger partial charge in [-0.05, 0) is 55.5 Å². The van der Waals surface area contributed by atoms with Gasteiger partial charge in [0, 0.05) is 69.0 Å². The van der Waals surface area contributed by atoms with Gasteiger partial charge in [0.1, 0.15) is 16.9 Å². The molecule has 55 heavy (non-hydrogen) atoms. The lowest BCUT2D eigenvalue weighted by Crippen LogP contribution is -2.44. The van der Waals surface area contributed by atoms with Gasteiger partial charge in [-0.15, -0.1) is 0 Å². The molecule has 9 rings (SSSR count). The van der Waals surface area contributed by atoms with Crippen molar-refractivity contribution in [2.45, 2.75) is 62.5 Å². The number of carbonyl (C=O) groups excluding carboxylic acids is 2. The highest BCUT2D eigenvalue weighted by molar-refractivity contribution is 6.33. The highest BCUT2D eigenvalue weighted by atomic mass is 35.5. The number of benzene rings is 2. The molecule has 6 heterocycles. The van der Waals surface area contributed by atoms with Crippen LogP contribution >= 0.6 is 11.6 Å². The van der Waals surface area contributed by atoms with Gasteiger partial charge in [0.15, 0.2) is 12.4 Å². The molecule has 0 spiro atoms. The first kappa shape index (κ1) is 35.2. The molecule has 0 radical (unpaired) electrons. The van der Waals surface area contributed by atoms with Crippen LogP contribution in [0.1, 0.15) is 50.1 Å². The van der Waals surface area contributed by atoms with Gasteiger partial charge < -0.3 is 29.6 Å². The number of aromatic nitrogens is 5. The Kier molecular flexibility index (Phi) is 8.55. The molecule has 2 saturated heterocycles. The Hall–Kier alpha value is -5.51. The quantitative estimate of drug-likeness (QED) is 0.182. The average Bonchev–Trinajstić information content (AvgIpc) is 3.97. The number of hydrogen-bond acceptors (Lipinski definition) is 11. The highest BCUT2D eigenvalue weighted by Gasteiger charge is 2.51. The molecule has 14 nitrogen and oxygen atoms in total. The fourth-order valence-corrected chi connectivity index (χ4v) is 8.08.